The largest absolute Gasteiger partial charge is 0.519 e. The predicted molar refractivity (Wildman–Crippen MR) is 48.6 cm³/mol. The Morgan fingerprint density at radius 2 is 2.00 bits per heavy atom. The molecule has 1 heterocycles. The lowest BCUT2D eigenvalue weighted by molar-refractivity contribution is 0.0535. The van der Waals surface area contributed by atoms with Gasteiger partial charge in [0.2, 0.25) is 0 Å². The van der Waals surface area contributed by atoms with Crippen LogP contribution in [0.1, 0.15) is 32.8 Å². The molecule has 0 saturated heterocycles. The fourth-order valence-corrected chi connectivity index (χ4v) is 0.749. The summed E-state index contributed by atoms with van der Waals surface area (Å²) in [5, 5.41) is 0. The van der Waals surface area contributed by atoms with Crippen LogP contribution in [0.25, 0.3) is 0 Å². The maximum atomic E-state index is 10.6. The van der Waals surface area contributed by atoms with Gasteiger partial charge in [-0.05, 0) is 20.8 Å². The molecule has 0 bridgehead atoms. The minimum atomic E-state index is -0.671. The number of rotatable bonds is 3. The van der Waals surface area contributed by atoms with E-state index in [0.717, 1.165) is 0 Å². The van der Waals surface area contributed by atoms with Crippen molar-refractivity contribution in [1.82, 2.24) is 0 Å². The lowest BCUT2D eigenvalue weighted by atomic mass is 10.4. The van der Waals surface area contributed by atoms with Gasteiger partial charge in [-0.15, -0.1) is 0 Å². The predicted octanol–water partition coefficient (Wildman–Crippen LogP) is 2.10. The third-order valence-electron chi connectivity index (χ3n) is 1.38. The fraction of sp³-hybridized carbons (Fsp3) is 0.667. The molecule has 1 rings (SSSR count). The number of ether oxygens (including phenoxy) is 1. The first-order valence-electron chi connectivity index (χ1n) is 3.80. The van der Waals surface area contributed by atoms with E-state index in [1.165, 1.54) is 0 Å². The van der Waals surface area contributed by atoms with E-state index in [-0.39, 0.29) is 20.1 Å². The van der Waals surface area contributed by atoms with Crippen molar-refractivity contribution in [2.24, 2.45) is 0 Å². The van der Waals surface area contributed by atoms with Gasteiger partial charge < -0.3 is 13.6 Å². The Bertz CT molecular complexity index is 295. The minimum Gasteiger partial charge on any atom is -0.396 e. The lowest BCUT2D eigenvalue weighted by Crippen LogP contribution is -2.02. The average Bonchev–Trinajstić information content (AvgIpc) is 2.26. The van der Waals surface area contributed by atoms with Gasteiger partial charge in [-0.1, -0.05) is 7.43 Å². The van der Waals surface area contributed by atoms with Crippen molar-refractivity contribution < 1.29 is 13.6 Å². The van der Waals surface area contributed by atoms with Crippen LogP contribution in [0.3, 0.4) is 0 Å². The zero-order valence-corrected chi connectivity index (χ0v) is 7.42. The van der Waals surface area contributed by atoms with E-state index in [1.807, 2.05) is 13.8 Å². The third kappa shape index (κ3) is 3.46. The lowest BCUT2D eigenvalue weighted by Gasteiger charge is -2.03. The molecule has 0 atom stereocenters. The van der Waals surface area contributed by atoms with Crippen molar-refractivity contribution in [1.29, 1.82) is 0 Å². The van der Waals surface area contributed by atoms with Crippen molar-refractivity contribution in [3.05, 3.63) is 22.1 Å². The van der Waals surface area contributed by atoms with Crippen molar-refractivity contribution in [2.45, 2.75) is 40.9 Å². The second-order valence-corrected chi connectivity index (χ2v) is 2.79. The Balaban J connectivity index is 0.00000144. The molecular formula is C9H16O4. The van der Waals surface area contributed by atoms with Crippen molar-refractivity contribution >= 4 is 0 Å². The Hall–Kier alpha value is -1.03. The van der Waals surface area contributed by atoms with Crippen LogP contribution in [0.15, 0.2) is 13.6 Å². The molecule has 0 saturated carbocycles. The van der Waals surface area contributed by atoms with Crippen LogP contribution in [-0.2, 0) is 11.3 Å². The van der Waals surface area contributed by atoms with Gasteiger partial charge in [0.05, 0.1) is 6.10 Å². The summed E-state index contributed by atoms with van der Waals surface area (Å²) < 4.78 is 14.6. The summed E-state index contributed by atoms with van der Waals surface area (Å²) in [7, 11) is 0. The Morgan fingerprint density at radius 3 is 2.38 bits per heavy atom. The highest BCUT2D eigenvalue weighted by Gasteiger charge is 2.08. The van der Waals surface area contributed by atoms with Gasteiger partial charge in [0.1, 0.15) is 12.4 Å². The van der Waals surface area contributed by atoms with Gasteiger partial charge in [-0.2, -0.15) is 0 Å². The summed E-state index contributed by atoms with van der Waals surface area (Å²) in [6, 6.07) is 0. The van der Waals surface area contributed by atoms with Crippen LogP contribution in [0.5, 0.6) is 0 Å². The van der Waals surface area contributed by atoms with Gasteiger partial charge in [-0.3, -0.25) is 0 Å². The van der Waals surface area contributed by atoms with Crippen molar-refractivity contribution in [2.75, 3.05) is 0 Å². The zero-order valence-electron chi connectivity index (χ0n) is 7.42. The van der Waals surface area contributed by atoms with E-state index in [1.54, 1.807) is 6.92 Å². The highest BCUT2D eigenvalue weighted by Crippen LogP contribution is 2.07. The normalized spacial score (nSPS) is 10.2. The highest BCUT2D eigenvalue weighted by molar-refractivity contribution is 4.98. The Morgan fingerprint density at radius 1 is 1.38 bits per heavy atom. The maximum absolute atomic E-state index is 10.6. The summed E-state index contributed by atoms with van der Waals surface area (Å²) in [6.45, 7) is 5.78. The minimum absolute atomic E-state index is 0. The van der Waals surface area contributed by atoms with Crippen LogP contribution < -0.4 is 5.82 Å². The first kappa shape index (κ1) is 12.0. The van der Waals surface area contributed by atoms with E-state index in [9.17, 15) is 4.79 Å². The van der Waals surface area contributed by atoms with Gasteiger partial charge in [0.15, 0.2) is 5.76 Å². The molecule has 0 aliphatic heterocycles. The standard InChI is InChI=1S/C8H12O4.CH4/c1-5(2)10-4-7-6(3)11-8(9)12-7;/h5H,4H2,1-3H3;1H4. The molecular weight excluding hydrogens is 172 g/mol. The quantitative estimate of drug-likeness (QED) is 0.728. The van der Waals surface area contributed by atoms with Crippen LogP contribution in [-0.4, -0.2) is 6.10 Å². The number of hydrogen-bond acceptors (Lipinski definition) is 4. The second kappa shape index (κ2) is 4.87. The summed E-state index contributed by atoms with van der Waals surface area (Å²) in [6.07, 6.45) is 0.115. The van der Waals surface area contributed by atoms with Crippen molar-refractivity contribution in [3.8, 4) is 0 Å². The smallest absolute Gasteiger partial charge is 0.396 e. The van der Waals surface area contributed by atoms with E-state index >= 15 is 0 Å². The molecule has 0 aliphatic carbocycles. The molecule has 0 amide bonds. The molecule has 4 nitrogen and oxygen atoms in total. The molecule has 0 N–H and O–H groups in total. The number of aryl methyl sites for hydroxylation is 1. The zero-order chi connectivity index (χ0) is 9.14. The first-order chi connectivity index (χ1) is 5.59. The van der Waals surface area contributed by atoms with Crippen molar-refractivity contribution in [3.63, 3.8) is 0 Å². The molecule has 0 aliphatic rings. The van der Waals surface area contributed by atoms with Crippen LogP contribution in [0, 0.1) is 6.92 Å². The summed E-state index contributed by atoms with van der Waals surface area (Å²) in [5.74, 6) is 0.282. The van der Waals surface area contributed by atoms with Crippen LogP contribution in [0.2, 0.25) is 0 Å². The Kier molecular flexibility index (Phi) is 4.48. The third-order valence-corrected chi connectivity index (χ3v) is 1.38. The molecule has 0 radical (unpaired) electrons. The molecule has 1 aromatic rings. The molecule has 0 fully saturated rings. The number of hydrogen-bond donors (Lipinski definition) is 0. The molecule has 0 unspecified atom stereocenters. The topological polar surface area (TPSA) is 52.6 Å². The van der Waals surface area contributed by atoms with Gasteiger partial charge in [-0.25, -0.2) is 4.79 Å². The molecule has 0 spiro atoms. The monoisotopic (exact) mass is 188 g/mol. The molecule has 13 heavy (non-hydrogen) atoms. The van der Waals surface area contributed by atoms with E-state index in [2.05, 4.69) is 4.42 Å². The van der Waals surface area contributed by atoms with E-state index in [0.29, 0.717) is 11.5 Å². The molecule has 4 heteroatoms. The van der Waals surface area contributed by atoms with Gasteiger partial charge in [0, 0.05) is 0 Å². The van der Waals surface area contributed by atoms with Crippen LogP contribution in [0.4, 0.5) is 0 Å². The summed E-state index contributed by atoms with van der Waals surface area (Å²) in [4.78, 5) is 10.6. The molecule has 76 valence electrons. The SMILES string of the molecule is C.Cc1oc(=O)oc1COC(C)C. The first-order valence-corrected chi connectivity index (χ1v) is 3.80. The molecule has 0 aromatic carbocycles. The van der Waals surface area contributed by atoms with Crippen LogP contribution >= 0.6 is 0 Å². The maximum Gasteiger partial charge on any atom is 0.519 e. The summed E-state index contributed by atoms with van der Waals surface area (Å²) >= 11 is 0. The van der Waals surface area contributed by atoms with E-state index in [4.69, 9.17) is 9.15 Å². The van der Waals surface area contributed by atoms with E-state index < -0.39 is 5.82 Å². The van der Waals surface area contributed by atoms with Gasteiger partial charge >= 0.3 is 5.82 Å². The summed E-state index contributed by atoms with van der Waals surface area (Å²) in [5.41, 5.74) is 0. The second-order valence-electron chi connectivity index (χ2n) is 2.79. The average molecular weight is 188 g/mol. The van der Waals surface area contributed by atoms with Gasteiger partial charge in [0.25, 0.3) is 0 Å². The highest BCUT2D eigenvalue weighted by atomic mass is 16.6. The fourth-order valence-electron chi connectivity index (χ4n) is 0.749. The molecule has 1 aromatic heterocycles. The Labute approximate surface area is 77.5 Å².